The topological polar surface area (TPSA) is 68.0 Å². The van der Waals surface area contributed by atoms with Gasteiger partial charge in [-0.05, 0) is 31.4 Å². The quantitative estimate of drug-likeness (QED) is 0.790. The van der Waals surface area contributed by atoms with Gasteiger partial charge in [-0.25, -0.2) is 4.98 Å². The smallest absolute Gasteiger partial charge is 0.231 e. The van der Waals surface area contributed by atoms with Crippen LogP contribution in [-0.2, 0) is 4.79 Å². The number of aromatic nitrogens is 1. The molecule has 1 aromatic heterocycles. The Bertz CT molecular complexity index is 409. The summed E-state index contributed by atoms with van der Waals surface area (Å²) in [5, 5.41) is 3.14. The Labute approximate surface area is 99.2 Å². The molecule has 1 fully saturated rings. The molecule has 1 aromatic rings. The molecule has 1 heterocycles. The van der Waals surface area contributed by atoms with Crippen molar-refractivity contribution in [2.24, 2.45) is 11.1 Å². The molecule has 1 aliphatic carbocycles. The summed E-state index contributed by atoms with van der Waals surface area (Å²) >= 11 is 5.93. The first-order chi connectivity index (χ1) is 7.59. The van der Waals surface area contributed by atoms with Crippen molar-refractivity contribution in [3.05, 3.63) is 23.0 Å². The molecule has 1 saturated carbocycles. The maximum atomic E-state index is 12.0. The minimum Gasteiger partial charge on any atom is -0.329 e. The minimum absolute atomic E-state index is 0.0481. The SMILES string of the molecule is Cc1ccnc(Cl)c1NC(=O)C1(CN)CC1. The van der Waals surface area contributed by atoms with Gasteiger partial charge in [0.1, 0.15) is 0 Å². The van der Waals surface area contributed by atoms with E-state index in [2.05, 4.69) is 10.3 Å². The third kappa shape index (κ3) is 1.90. The summed E-state index contributed by atoms with van der Waals surface area (Å²) in [6.45, 7) is 2.26. The van der Waals surface area contributed by atoms with Gasteiger partial charge in [-0.15, -0.1) is 0 Å². The maximum Gasteiger partial charge on any atom is 0.231 e. The summed E-state index contributed by atoms with van der Waals surface area (Å²) in [4.78, 5) is 15.9. The van der Waals surface area contributed by atoms with Gasteiger partial charge in [0.15, 0.2) is 5.15 Å². The van der Waals surface area contributed by atoms with Crippen LogP contribution >= 0.6 is 11.6 Å². The maximum absolute atomic E-state index is 12.0. The lowest BCUT2D eigenvalue weighted by atomic mass is 10.1. The van der Waals surface area contributed by atoms with Crippen LogP contribution in [0.15, 0.2) is 12.3 Å². The standard InChI is InChI=1S/C11H14ClN3O/c1-7-2-5-14-9(12)8(7)15-10(16)11(6-13)3-4-11/h2,5H,3-4,6,13H2,1H3,(H,15,16). The Morgan fingerprint density at radius 1 is 1.69 bits per heavy atom. The second-order valence-corrected chi connectivity index (χ2v) is 4.59. The van der Waals surface area contributed by atoms with Crippen LogP contribution in [0.1, 0.15) is 18.4 Å². The molecule has 0 aromatic carbocycles. The van der Waals surface area contributed by atoms with Gasteiger partial charge in [0.2, 0.25) is 5.91 Å². The highest BCUT2D eigenvalue weighted by atomic mass is 35.5. The van der Waals surface area contributed by atoms with E-state index in [1.54, 1.807) is 6.20 Å². The summed E-state index contributed by atoms with van der Waals surface area (Å²) in [5.74, 6) is -0.0481. The molecule has 1 aliphatic rings. The second-order valence-electron chi connectivity index (χ2n) is 4.23. The normalized spacial score (nSPS) is 16.9. The van der Waals surface area contributed by atoms with Crippen molar-refractivity contribution in [3.63, 3.8) is 0 Å². The average molecular weight is 240 g/mol. The molecular weight excluding hydrogens is 226 g/mol. The van der Waals surface area contributed by atoms with Crippen molar-refractivity contribution in [2.45, 2.75) is 19.8 Å². The van der Waals surface area contributed by atoms with Gasteiger partial charge < -0.3 is 11.1 Å². The van der Waals surface area contributed by atoms with E-state index in [0.29, 0.717) is 17.4 Å². The van der Waals surface area contributed by atoms with Crippen LogP contribution in [0.25, 0.3) is 0 Å². The summed E-state index contributed by atoms with van der Waals surface area (Å²) in [6.07, 6.45) is 3.32. The number of aryl methyl sites for hydroxylation is 1. The van der Waals surface area contributed by atoms with Gasteiger partial charge in [-0.3, -0.25) is 4.79 Å². The molecule has 0 atom stereocenters. The zero-order valence-electron chi connectivity index (χ0n) is 9.09. The molecule has 0 bridgehead atoms. The summed E-state index contributed by atoms with van der Waals surface area (Å²) in [7, 11) is 0. The molecule has 0 aliphatic heterocycles. The number of halogens is 1. The van der Waals surface area contributed by atoms with Gasteiger partial charge in [0.05, 0.1) is 11.1 Å². The molecule has 5 heteroatoms. The predicted octanol–water partition coefficient (Wildman–Crippen LogP) is 1.72. The van der Waals surface area contributed by atoms with Crippen LogP contribution in [0.5, 0.6) is 0 Å². The number of amides is 1. The van der Waals surface area contributed by atoms with Crippen LogP contribution in [0.4, 0.5) is 5.69 Å². The highest BCUT2D eigenvalue weighted by Crippen LogP contribution is 2.45. The molecule has 0 saturated heterocycles. The van der Waals surface area contributed by atoms with Crippen molar-refractivity contribution >= 4 is 23.2 Å². The molecule has 16 heavy (non-hydrogen) atoms. The molecule has 2 rings (SSSR count). The molecule has 0 unspecified atom stereocenters. The molecule has 4 nitrogen and oxygen atoms in total. The van der Waals surface area contributed by atoms with Gasteiger partial charge in [-0.2, -0.15) is 0 Å². The number of pyridine rings is 1. The number of nitrogens with two attached hydrogens (primary N) is 1. The number of hydrogen-bond donors (Lipinski definition) is 2. The molecule has 1 amide bonds. The van der Waals surface area contributed by atoms with Crippen molar-refractivity contribution in [1.29, 1.82) is 0 Å². The van der Waals surface area contributed by atoms with Gasteiger partial charge in [0, 0.05) is 12.7 Å². The Morgan fingerprint density at radius 2 is 2.38 bits per heavy atom. The monoisotopic (exact) mass is 239 g/mol. The summed E-state index contributed by atoms with van der Waals surface area (Å²) < 4.78 is 0. The number of carbonyl (C=O) groups is 1. The zero-order chi connectivity index (χ0) is 11.8. The molecule has 86 valence electrons. The minimum atomic E-state index is -0.369. The van der Waals surface area contributed by atoms with Crippen molar-refractivity contribution in [3.8, 4) is 0 Å². The number of nitrogens with one attached hydrogen (secondary N) is 1. The highest BCUT2D eigenvalue weighted by molar-refractivity contribution is 6.32. The number of carbonyl (C=O) groups excluding carboxylic acids is 1. The third-order valence-corrected chi connectivity index (χ3v) is 3.36. The van der Waals surface area contributed by atoms with Gasteiger partial charge >= 0.3 is 0 Å². The van der Waals surface area contributed by atoms with Crippen LogP contribution in [-0.4, -0.2) is 17.4 Å². The third-order valence-electron chi connectivity index (χ3n) is 3.08. The van der Waals surface area contributed by atoms with Gasteiger partial charge in [0.25, 0.3) is 0 Å². The Balaban J connectivity index is 2.18. The average Bonchev–Trinajstić information content (AvgIpc) is 3.04. The Morgan fingerprint density at radius 3 is 2.88 bits per heavy atom. The molecule has 3 N–H and O–H groups in total. The predicted molar refractivity (Wildman–Crippen MR) is 63.3 cm³/mol. The van der Waals surface area contributed by atoms with E-state index < -0.39 is 0 Å². The zero-order valence-corrected chi connectivity index (χ0v) is 9.84. The van der Waals surface area contributed by atoms with E-state index in [1.807, 2.05) is 13.0 Å². The van der Waals surface area contributed by atoms with Crippen molar-refractivity contribution < 1.29 is 4.79 Å². The van der Waals surface area contributed by atoms with Crippen LogP contribution < -0.4 is 11.1 Å². The van der Waals surface area contributed by atoms with Crippen LogP contribution in [0, 0.1) is 12.3 Å². The number of anilines is 1. The van der Waals surface area contributed by atoms with Crippen molar-refractivity contribution in [2.75, 3.05) is 11.9 Å². The lowest BCUT2D eigenvalue weighted by molar-refractivity contribution is -0.120. The Kier molecular flexibility index (Phi) is 2.86. The van der Waals surface area contributed by atoms with E-state index in [9.17, 15) is 4.79 Å². The summed E-state index contributed by atoms with van der Waals surface area (Å²) in [5.41, 5.74) is 6.72. The molecular formula is C11H14ClN3O. The second kappa shape index (κ2) is 4.03. The highest BCUT2D eigenvalue weighted by Gasteiger charge is 2.48. The van der Waals surface area contributed by atoms with E-state index in [1.165, 1.54) is 0 Å². The molecule has 0 radical (unpaired) electrons. The largest absolute Gasteiger partial charge is 0.329 e. The first-order valence-electron chi connectivity index (χ1n) is 5.22. The fourth-order valence-corrected chi connectivity index (χ4v) is 1.85. The number of hydrogen-bond acceptors (Lipinski definition) is 3. The number of nitrogens with zero attached hydrogens (tertiary/aromatic N) is 1. The fourth-order valence-electron chi connectivity index (χ4n) is 1.60. The van der Waals surface area contributed by atoms with Gasteiger partial charge in [-0.1, -0.05) is 11.6 Å². The Hall–Kier alpha value is -1.13. The van der Waals surface area contributed by atoms with Crippen molar-refractivity contribution in [1.82, 2.24) is 4.98 Å². The lowest BCUT2D eigenvalue weighted by Crippen LogP contribution is -2.31. The lowest BCUT2D eigenvalue weighted by Gasteiger charge is -2.14. The van der Waals surface area contributed by atoms with Crippen LogP contribution in [0.3, 0.4) is 0 Å². The fraction of sp³-hybridized carbons (Fsp3) is 0.455. The summed E-state index contributed by atoms with van der Waals surface area (Å²) in [6, 6.07) is 1.81. The van der Waals surface area contributed by atoms with Crippen LogP contribution in [0.2, 0.25) is 5.15 Å². The van der Waals surface area contributed by atoms with E-state index in [-0.39, 0.29) is 11.3 Å². The molecule has 0 spiro atoms. The number of rotatable bonds is 3. The first-order valence-corrected chi connectivity index (χ1v) is 5.59. The first kappa shape index (κ1) is 11.4. The van der Waals surface area contributed by atoms with E-state index >= 15 is 0 Å². The van der Waals surface area contributed by atoms with E-state index in [4.69, 9.17) is 17.3 Å². The van der Waals surface area contributed by atoms with E-state index in [0.717, 1.165) is 18.4 Å².